The molecule has 4 nitrogen and oxygen atoms in total. The number of benzene rings is 1. The Balaban J connectivity index is 2.67. The van der Waals surface area contributed by atoms with Gasteiger partial charge < -0.3 is 15.2 Å². The second-order valence-corrected chi connectivity index (χ2v) is 4.20. The number of aromatic hydroxyl groups is 1. The normalized spacial score (nSPS) is 12.2. The second-order valence-electron chi connectivity index (χ2n) is 4.20. The Kier molecular flexibility index (Phi) is 4.52. The molecule has 0 aliphatic carbocycles. The summed E-state index contributed by atoms with van der Waals surface area (Å²) in [6, 6.07) is 3.47. The smallest absolute Gasteiger partial charge is 0.322 e. The molecule has 17 heavy (non-hydrogen) atoms. The Morgan fingerprint density at radius 1 is 1.41 bits per heavy atom. The molecule has 0 saturated carbocycles. The van der Waals surface area contributed by atoms with E-state index in [0.29, 0.717) is 12.3 Å². The molecule has 0 unspecified atom stereocenters. The number of methoxy groups -OCH3 is 1. The summed E-state index contributed by atoms with van der Waals surface area (Å²) >= 11 is 0. The standard InChI is InChI=1S/C13H19NO3/c1-8-5-11(6-9(2)12(8)15)7-14-10(3)13(16)17-4/h5-6,10,14-15H,7H2,1-4H3/t10-/m0/s1. The molecule has 2 N–H and O–H groups in total. The van der Waals surface area contributed by atoms with E-state index in [9.17, 15) is 9.90 Å². The molecule has 4 heteroatoms. The van der Waals surface area contributed by atoms with Gasteiger partial charge in [-0.15, -0.1) is 0 Å². The third-order valence-electron chi connectivity index (χ3n) is 2.72. The number of phenolic OH excluding ortho intramolecular Hbond substituents is 1. The van der Waals surface area contributed by atoms with Gasteiger partial charge in [0.1, 0.15) is 11.8 Å². The van der Waals surface area contributed by atoms with Crippen molar-refractivity contribution in [2.24, 2.45) is 0 Å². The minimum absolute atomic E-state index is 0.280. The number of nitrogens with one attached hydrogen (secondary N) is 1. The van der Waals surface area contributed by atoms with Gasteiger partial charge in [0.15, 0.2) is 0 Å². The third-order valence-corrected chi connectivity index (χ3v) is 2.72. The van der Waals surface area contributed by atoms with Gasteiger partial charge in [-0.05, 0) is 37.5 Å². The average Bonchev–Trinajstić information content (AvgIpc) is 2.31. The zero-order valence-corrected chi connectivity index (χ0v) is 10.7. The predicted molar refractivity (Wildman–Crippen MR) is 65.9 cm³/mol. The number of hydrogen-bond donors (Lipinski definition) is 2. The van der Waals surface area contributed by atoms with Crippen LogP contribution in [0.4, 0.5) is 0 Å². The monoisotopic (exact) mass is 237 g/mol. The van der Waals surface area contributed by atoms with Crippen molar-refractivity contribution in [3.8, 4) is 5.75 Å². The molecule has 0 spiro atoms. The van der Waals surface area contributed by atoms with Crippen molar-refractivity contribution in [1.29, 1.82) is 0 Å². The van der Waals surface area contributed by atoms with Gasteiger partial charge in [-0.2, -0.15) is 0 Å². The molecule has 0 aliphatic rings. The van der Waals surface area contributed by atoms with Crippen molar-refractivity contribution in [2.45, 2.75) is 33.4 Å². The van der Waals surface area contributed by atoms with E-state index in [1.54, 1.807) is 6.92 Å². The van der Waals surface area contributed by atoms with Gasteiger partial charge in [0.25, 0.3) is 0 Å². The van der Waals surface area contributed by atoms with Crippen molar-refractivity contribution in [3.63, 3.8) is 0 Å². The molecule has 0 radical (unpaired) electrons. The zero-order valence-electron chi connectivity index (χ0n) is 10.7. The highest BCUT2D eigenvalue weighted by Crippen LogP contribution is 2.22. The van der Waals surface area contributed by atoms with Crippen molar-refractivity contribution in [3.05, 3.63) is 28.8 Å². The summed E-state index contributed by atoms with van der Waals surface area (Å²) in [5.41, 5.74) is 2.72. The first-order valence-corrected chi connectivity index (χ1v) is 5.56. The number of phenols is 1. The molecule has 0 heterocycles. The quantitative estimate of drug-likeness (QED) is 0.782. The van der Waals surface area contributed by atoms with Gasteiger partial charge >= 0.3 is 5.97 Å². The van der Waals surface area contributed by atoms with E-state index in [2.05, 4.69) is 10.1 Å². The average molecular weight is 237 g/mol. The van der Waals surface area contributed by atoms with Gasteiger partial charge in [-0.3, -0.25) is 4.79 Å². The molecular formula is C13H19NO3. The van der Waals surface area contributed by atoms with Crippen molar-refractivity contribution < 1.29 is 14.6 Å². The van der Waals surface area contributed by atoms with Crippen LogP contribution in [-0.4, -0.2) is 24.2 Å². The van der Waals surface area contributed by atoms with Crippen LogP contribution < -0.4 is 5.32 Å². The fourth-order valence-corrected chi connectivity index (χ4v) is 1.68. The Bertz CT molecular complexity index is 392. The van der Waals surface area contributed by atoms with E-state index in [4.69, 9.17) is 0 Å². The van der Waals surface area contributed by atoms with Crippen molar-refractivity contribution in [2.75, 3.05) is 7.11 Å². The maximum atomic E-state index is 11.2. The Morgan fingerprint density at radius 3 is 2.41 bits per heavy atom. The van der Waals surface area contributed by atoms with E-state index in [0.717, 1.165) is 16.7 Å². The lowest BCUT2D eigenvalue weighted by atomic mass is 10.1. The molecule has 1 atom stereocenters. The Morgan fingerprint density at radius 2 is 1.94 bits per heavy atom. The van der Waals surface area contributed by atoms with Crippen LogP contribution in [0.1, 0.15) is 23.6 Å². The van der Waals surface area contributed by atoms with E-state index in [1.807, 2.05) is 26.0 Å². The number of hydrogen-bond acceptors (Lipinski definition) is 4. The lowest BCUT2D eigenvalue weighted by Gasteiger charge is -2.13. The Labute approximate surface area is 102 Å². The highest BCUT2D eigenvalue weighted by atomic mass is 16.5. The Hall–Kier alpha value is -1.55. The molecule has 0 fully saturated rings. The van der Waals surface area contributed by atoms with Gasteiger partial charge in [-0.25, -0.2) is 0 Å². The third kappa shape index (κ3) is 3.46. The SMILES string of the molecule is COC(=O)[C@H](C)NCc1cc(C)c(O)c(C)c1. The summed E-state index contributed by atoms with van der Waals surface area (Å²) in [4.78, 5) is 11.2. The molecule has 0 aromatic heterocycles. The summed E-state index contributed by atoms with van der Waals surface area (Å²) < 4.78 is 4.63. The van der Waals surface area contributed by atoms with Crippen LogP contribution >= 0.6 is 0 Å². The van der Waals surface area contributed by atoms with Crippen LogP contribution in [-0.2, 0) is 16.1 Å². The number of ether oxygens (including phenoxy) is 1. The summed E-state index contributed by atoms with van der Waals surface area (Å²) in [6.45, 7) is 6.04. The van der Waals surface area contributed by atoms with Crippen LogP contribution in [0.5, 0.6) is 5.75 Å². The van der Waals surface area contributed by atoms with E-state index < -0.39 is 0 Å². The minimum Gasteiger partial charge on any atom is -0.507 e. The molecule has 1 aromatic rings. The fraction of sp³-hybridized carbons (Fsp3) is 0.462. The maximum absolute atomic E-state index is 11.2. The maximum Gasteiger partial charge on any atom is 0.322 e. The fourth-order valence-electron chi connectivity index (χ4n) is 1.68. The van der Waals surface area contributed by atoms with Gasteiger partial charge in [0, 0.05) is 6.54 Å². The van der Waals surface area contributed by atoms with Gasteiger partial charge in [0.2, 0.25) is 0 Å². The first kappa shape index (κ1) is 13.5. The van der Waals surface area contributed by atoms with Crippen LogP contribution in [0.3, 0.4) is 0 Å². The molecular weight excluding hydrogens is 218 g/mol. The topological polar surface area (TPSA) is 58.6 Å². The van der Waals surface area contributed by atoms with E-state index >= 15 is 0 Å². The van der Waals surface area contributed by atoms with Crippen LogP contribution in [0.25, 0.3) is 0 Å². The number of esters is 1. The number of carbonyl (C=O) groups excluding carboxylic acids is 1. The molecule has 0 aliphatic heterocycles. The molecule has 0 amide bonds. The second kappa shape index (κ2) is 5.68. The molecule has 1 rings (SSSR count). The molecule has 0 bridgehead atoms. The number of carbonyl (C=O) groups is 1. The lowest BCUT2D eigenvalue weighted by Crippen LogP contribution is -2.34. The van der Waals surface area contributed by atoms with E-state index in [-0.39, 0.29) is 12.0 Å². The van der Waals surface area contributed by atoms with Gasteiger partial charge in [0.05, 0.1) is 7.11 Å². The summed E-state index contributed by atoms with van der Waals surface area (Å²) in [6.07, 6.45) is 0. The highest BCUT2D eigenvalue weighted by molar-refractivity contribution is 5.75. The summed E-state index contributed by atoms with van der Waals surface area (Å²) in [5.74, 6) is 0.0481. The first-order valence-electron chi connectivity index (χ1n) is 5.56. The van der Waals surface area contributed by atoms with Crippen molar-refractivity contribution >= 4 is 5.97 Å². The zero-order chi connectivity index (χ0) is 13.0. The lowest BCUT2D eigenvalue weighted by molar-refractivity contribution is -0.142. The first-order chi connectivity index (χ1) is 7.95. The van der Waals surface area contributed by atoms with Crippen LogP contribution in [0.2, 0.25) is 0 Å². The summed E-state index contributed by atoms with van der Waals surface area (Å²) in [5, 5.41) is 12.7. The number of aryl methyl sites for hydroxylation is 2. The predicted octanol–water partition coefficient (Wildman–Crippen LogP) is 1.66. The van der Waals surface area contributed by atoms with E-state index in [1.165, 1.54) is 7.11 Å². The minimum atomic E-state index is -0.339. The van der Waals surface area contributed by atoms with Crippen molar-refractivity contribution in [1.82, 2.24) is 5.32 Å². The molecule has 0 saturated heterocycles. The highest BCUT2D eigenvalue weighted by Gasteiger charge is 2.12. The van der Waals surface area contributed by atoms with Crippen LogP contribution in [0, 0.1) is 13.8 Å². The largest absolute Gasteiger partial charge is 0.507 e. The van der Waals surface area contributed by atoms with Crippen LogP contribution in [0.15, 0.2) is 12.1 Å². The van der Waals surface area contributed by atoms with Gasteiger partial charge in [-0.1, -0.05) is 12.1 Å². The summed E-state index contributed by atoms with van der Waals surface area (Å²) in [7, 11) is 1.37. The molecule has 94 valence electrons. The molecule has 1 aromatic carbocycles. The number of rotatable bonds is 4.